The van der Waals surface area contributed by atoms with Gasteiger partial charge in [-0.25, -0.2) is 4.79 Å². The van der Waals surface area contributed by atoms with Crippen molar-refractivity contribution < 1.29 is 14.3 Å². The van der Waals surface area contributed by atoms with Gasteiger partial charge in [0, 0.05) is 25.5 Å². The van der Waals surface area contributed by atoms with E-state index in [2.05, 4.69) is 31.9 Å². The molecule has 0 aliphatic rings. The van der Waals surface area contributed by atoms with Crippen molar-refractivity contribution in [3.63, 3.8) is 0 Å². The van der Waals surface area contributed by atoms with Gasteiger partial charge in [0.2, 0.25) is 10.9 Å². The van der Waals surface area contributed by atoms with E-state index < -0.39 is 27.7 Å². The highest BCUT2D eigenvalue weighted by Gasteiger charge is 2.25. The van der Waals surface area contributed by atoms with Crippen LogP contribution < -0.4 is 10.9 Å². The Morgan fingerprint density at radius 2 is 1.12 bits per heavy atom. The van der Waals surface area contributed by atoms with Crippen molar-refractivity contribution in [3.8, 4) is 0 Å². The van der Waals surface area contributed by atoms with Gasteiger partial charge >= 0.3 is 5.97 Å². The van der Waals surface area contributed by atoms with E-state index in [1.807, 2.05) is 60.7 Å². The van der Waals surface area contributed by atoms with Crippen LogP contribution in [-0.2, 0) is 17.8 Å². The van der Waals surface area contributed by atoms with Crippen LogP contribution in [0.1, 0.15) is 52.6 Å². The van der Waals surface area contributed by atoms with E-state index in [1.165, 1.54) is 0 Å². The molecular formula is C30H25Br2Cl3N2O5. The minimum absolute atomic E-state index is 0.0389. The predicted molar refractivity (Wildman–Crippen MR) is 173 cm³/mol. The first-order valence-electron chi connectivity index (χ1n) is 12.4. The summed E-state index contributed by atoms with van der Waals surface area (Å²) in [5, 5.41) is -0.758. The highest BCUT2D eigenvalue weighted by Crippen LogP contribution is 2.22. The van der Waals surface area contributed by atoms with Gasteiger partial charge in [0.05, 0.1) is 8.95 Å². The number of benzene rings is 2. The Bertz CT molecular complexity index is 1720. The number of hydrogen-bond donors (Lipinski definition) is 0. The number of carbonyl (C=O) groups excluding carboxylic acids is 2. The van der Waals surface area contributed by atoms with Gasteiger partial charge in [-0.05, 0) is 75.4 Å². The zero-order valence-electron chi connectivity index (χ0n) is 22.7. The van der Waals surface area contributed by atoms with Crippen LogP contribution in [0.2, 0.25) is 10.3 Å². The van der Waals surface area contributed by atoms with Gasteiger partial charge in [-0.3, -0.25) is 14.4 Å². The second-order valence-electron chi connectivity index (χ2n) is 9.95. The molecule has 220 valence electrons. The third-order valence-electron chi connectivity index (χ3n) is 5.53. The summed E-state index contributed by atoms with van der Waals surface area (Å²) in [6.07, 6.45) is 3.12. The maximum atomic E-state index is 12.3. The highest BCUT2D eigenvalue weighted by molar-refractivity contribution is 9.10. The molecule has 4 aromatic rings. The van der Waals surface area contributed by atoms with Crippen LogP contribution in [0.5, 0.6) is 0 Å². The first-order valence-corrected chi connectivity index (χ1v) is 15.1. The summed E-state index contributed by atoms with van der Waals surface area (Å²) >= 11 is 24.1. The topological polar surface area (TPSA) is 87.4 Å². The second kappa shape index (κ2) is 14.7. The summed E-state index contributed by atoms with van der Waals surface area (Å²) in [5.41, 5.74) is -0.0733. The fourth-order valence-electron chi connectivity index (χ4n) is 3.68. The van der Waals surface area contributed by atoms with Crippen LogP contribution in [0.4, 0.5) is 0 Å². The van der Waals surface area contributed by atoms with Crippen LogP contribution in [0.25, 0.3) is 0 Å². The van der Waals surface area contributed by atoms with Crippen molar-refractivity contribution in [1.82, 2.24) is 9.13 Å². The minimum Gasteiger partial charge on any atom is -0.456 e. The molecule has 0 atom stereocenters. The van der Waals surface area contributed by atoms with Crippen molar-refractivity contribution in [2.45, 2.75) is 39.5 Å². The summed E-state index contributed by atoms with van der Waals surface area (Å²) < 4.78 is 9.03. The van der Waals surface area contributed by atoms with Gasteiger partial charge in [-0.1, -0.05) is 83.9 Å². The number of ether oxygens (including phenoxy) is 1. The molecule has 0 saturated heterocycles. The number of esters is 1. The summed E-state index contributed by atoms with van der Waals surface area (Å²) in [4.78, 5) is 47.7. The van der Waals surface area contributed by atoms with Crippen molar-refractivity contribution in [3.05, 3.63) is 135 Å². The average Bonchev–Trinajstić information content (AvgIpc) is 2.91. The molecule has 0 radical (unpaired) electrons. The van der Waals surface area contributed by atoms with E-state index >= 15 is 0 Å². The van der Waals surface area contributed by atoms with E-state index in [0.717, 1.165) is 11.1 Å². The van der Waals surface area contributed by atoms with Crippen LogP contribution >= 0.6 is 66.7 Å². The third kappa shape index (κ3) is 8.91. The number of nitrogens with zero attached hydrogens (tertiary/aromatic N) is 2. The number of pyridine rings is 2. The Balaban J connectivity index is 0.000000235. The second-order valence-corrected chi connectivity index (χ2v) is 12.7. The quantitative estimate of drug-likeness (QED) is 0.113. The fourth-order valence-corrected chi connectivity index (χ4v) is 5.35. The SMILES string of the molecule is CC(C)(C)OC(=O)c1c(Cl)n(Cc2ccccc2)cc(Br)c1=O.O=C(Cl)c1c(Cl)n(Cc2ccccc2)cc(Br)c1=O. The molecule has 0 spiro atoms. The summed E-state index contributed by atoms with van der Waals surface area (Å²) in [6, 6.07) is 19.2. The van der Waals surface area contributed by atoms with Crippen molar-refractivity contribution in [1.29, 1.82) is 0 Å². The molecule has 4 rings (SSSR count). The summed E-state index contributed by atoms with van der Waals surface area (Å²) in [5.74, 6) is -0.726. The summed E-state index contributed by atoms with van der Waals surface area (Å²) in [7, 11) is 0. The lowest BCUT2D eigenvalue weighted by Gasteiger charge is -2.20. The molecule has 0 bridgehead atoms. The first kappa shape index (κ1) is 33.8. The third-order valence-corrected chi connectivity index (χ3v) is 7.67. The van der Waals surface area contributed by atoms with E-state index in [4.69, 9.17) is 39.5 Å². The van der Waals surface area contributed by atoms with Gasteiger partial charge in [-0.15, -0.1) is 0 Å². The minimum atomic E-state index is -0.863. The molecule has 2 aromatic heterocycles. The fraction of sp³-hybridized carbons (Fsp3) is 0.200. The van der Waals surface area contributed by atoms with E-state index in [-0.39, 0.29) is 30.4 Å². The molecule has 0 amide bonds. The Hall–Kier alpha value is -2.69. The first-order chi connectivity index (χ1) is 19.7. The van der Waals surface area contributed by atoms with Crippen LogP contribution in [0.15, 0.2) is 91.6 Å². The molecular weight excluding hydrogens is 735 g/mol. The van der Waals surface area contributed by atoms with Gasteiger partial charge in [0.25, 0.3) is 5.24 Å². The van der Waals surface area contributed by atoms with Gasteiger partial charge in [-0.2, -0.15) is 0 Å². The lowest BCUT2D eigenvalue weighted by atomic mass is 10.2. The van der Waals surface area contributed by atoms with E-state index in [9.17, 15) is 19.2 Å². The molecule has 0 fully saturated rings. The van der Waals surface area contributed by atoms with Crippen LogP contribution in [0.3, 0.4) is 0 Å². The smallest absolute Gasteiger partial charge is 0.345 e. The maximum absolute atomic E-state index is 12.3. The summed E-state index contributed by atoms with van der Waals surface area (Å²) in [6.45, 7) is 6.09. The van der Waals surface area contributed by atoms with E-state index in [1.54, 1.807) is 42.3 Å². The van der Waals surface area contributed by atoms with Crippen LogP contribution in [0, 0.1) is 0 Å². The van der Waals surface area contributed by atoms with Crippen molar-refractivity contribution in [2.24, 2.45) is 0 Å². The lowest BCUT2D eigenvalue weighted by molar-refractivity contribution is 0.00671. The van der Waals surface area contributed by atoms with Gasteiger partial charge < -0.3 is 13.9 Å². The Morgan fingerprint density at radius 3 is 1.50 bits per heavy atom. The van der Waals surface area contributed by atoms with E-state index in [0.29, 0.717) is 13.1 Å². The zero-order valence-corrected chi connectivity index (χ0v) is 28.1. The molecule has 0 N–H and O–H groups in total. The molecule has 42 heavy (non-hydrogen) atoms. The average molecular weight is 760 g/mol. The molecule has 12 heteroatoms. The Morgan fingerprint density at radius 1 is 0.738 bits per heavy atom. The predicted octanol–water partition coefficient (Wildman–Crippen LogP) is 7.96. The number of aromatic nitrogens is 2. The standard InChI is InChI=1S/C17H17BrClNO3.C13H8BrCl2NO2/c1-17(2,3)23-16(22)13-14(21)12(18)10-20(15(13)19)9-11-7-5-4-6-8-11;14-9-7-17(6-8-4-2-1-3-5-8)12(15)10(11(9)18)13(16)19/h4-8,10H,9H2,1-3H3;1-5,7H,6H2. The van der Waals surface area contributed by atoms with Crippen molar-refractivity contribution in [2.75, 3.05) is 0 Å². The zero-order chi connectivity index (χ0) is 31.2. The molecule has 0 aliphatic carbocycles. The van der Waals surface area contributed by atoms with Gasteiger partial charge in [0.15, 0.2) is 0 Å². The van der Waals surface area contributed by atoms with Crippen molar-refractivity contribution >= 4 is 77.9 Å². The molecule has 7 nitrogen and oxygen atoms in total. The highest BCUT2D eigenvalue weighted by atomic mass is 79.9. The lowest BCUT2D eigenvalue weighted by Crippen LogP contribution is -2.29. The normalized spacial score (nSPS) is 11.0. The number of hydrogen-bond acceptors (Lipinski definition) is 5. The number of rotatable bonds is 6. The van der Waals surface area contributed by atoms with Gasteiger partial charge in [0.1, 0.15) is 27.0 Å². The monoisotopic (exact) mass is 756 g/mol. The number of carbonyl (C=O) groups is 2. The van der Waals surface area contributed by atoms with Crippen LogP contribution in [-0.4, -0.2) is 25.9 Å². The molecule has 0 aliphatic heterocycles. The largest absolute Gasteiger partial charge is 0.456 e. The molecule has 2 aromatic carbocycles. The molecule has 2 heterocycles. The molecule has 0 saturated carbocycles. The Labute approximate surface area is 274 Å². The number of halogens is 5. The molecule has 0 unspecified atom stereocenters. The maximum Gasteiger partial charge on any atom is 0.345 e. The Kier molecular flexibility index (Phi) is 11.8.